The van der Waals surface area contributed by atoms with Gasteiger partial charge in [0.15, 0.2) is 0 Å². The van der Waals surface area contributed by atoms with Gasteiger partial charge in [-0.05, 0) is 40.0 Å². The van der Waals surface area contributed by atoms with Gasteiger partial charge >= 0.3 is 5.97 Å². The lowest BCUT2D eigenvalue weighted by Crippen LogP contribution is -2.36. The summed E-state index contributed by atoms with van der Waals surface area (Å²) in [6.07, 6.45) is 0.890. The van der Waals surface area contributed by atoms with Gasteiger partial charge in [0.2, 0.25) is 0 Å². The quantitative estimate of drug-likeness (QED) is 0.824. The van der Waals surface area contributed by atoms with Crippen LogP contribution in [0.25, 0.3) is 0 Å². The minimum Gasteiger partial charge on any atom is -0.467 e. The van der Waals surface area contributed by atoms with Crippen LogP contribution < -0.4 is 5.32 Å². The van der Waals surface area contributed by atoms with Gasteiger partial charge in [0.25, 0.3) is 0 Å². The number of methoxy groups -OCH3 is 1. The Hall–Kier alpha value is -0.740. The Morgan fingerprint density at radius 3 is 2.72 bits per heavy atom. The third-order valence-corrected chi connectivity index (χ3v) is 4.12. The lowest BCUT2D eigenvalue weighted by Gasteiger charge is -2.23. The van der Waals surface area contributed by atoms with Crippen LogP contribution in [0.1, 0.15) is 20.3 Å². The van der Waals surface area contributed by atoms with Gasteiger partial charge in [0, 0.05) is 10.2 Å². The summed E-state index contributed by atoms with van der Waals surface area (Å²) >= 11 is 9.29. The van der Waals surface area contributed by atoms with Crippen molar-refractivity contribution in [2.45, 2.75) is 26.3 Å². The Bertz CT molecular complexity index is 425. The lowest BCUT2D eigenvalue weighted by atomic mass is 9.99. The Morgan fingerprint density at radius 1 is 1.56 bits per heavy atom. The first-order chi connectivity index (χ1) is 8.49. The number of halogens is 2. The van der Waals surface area contributed by atoms with Gasteiger partial charge in [-0.3, -0.25) is 0 Å². The van der Waals surface area contributed by atoms with Crippen molar-refractivity contribution in [3.05, 3.63) is 27.7 Å². The van der Waals surface area contributed by atoms with Crippen LogP contribution in [0, 0.1) is 5.92 Å². The molecule has 0 aliphatic heterocycles. The standard InChI is InChI=1S/C13H17BrClNO2/c1-4-8(2)12(13(17)18-3)16-9-5-6-11(15)10(14)7-9/h5-8,12,16H,4H2,1-3H3. The van der Waals surface area contributed by atoms with Crippen LogP contribution in [0.3, 0.4) is 0 Å². The van der Waals surface area contributed by atoms with E-state index < -0.39 is 0 Å². The maximum Gasteiger partial charge on any atom is 0.328 e. The Morgan fingerprint density at radius 2 is 2.22 bits per heavy atom. The molecule has 1 rings (SSSR count). The number of carbonyl (C=O) groups excluding carboxylic acids is 1. The molecule has 0 amide bonds. The maximum atomic E-state index is 11.7. The number of ether oxygens (including phenoxy) is 1. The zero-order valence-corrected chi connectivity index (χ0v) is 13.0. The molecule has 5 heteroatoms. The molecule has 0 aromatic heterocycles. The average Bonchev–Trinajstić information content (AvgIpc) is 2.38. The molecule has 1 aromatic rings. The molecule has 0 radical (unpaired) electrons. The molecule has 2 unspecified atom stereocenters. The van der Waals surface area contributed by atoms with Gasteiger partial charge in [-0.2, -0.15) is 0 Å². The zero-order valence-electron chi connectivity index (χ0n) is 10.7. The molecule has 18 heavy (non-hydrogen) atoms. The fourth-order valence-electron chi connectivity index (χ4n) is 1.56. The summed E-state index contributed by atoms with van der Waals surface area (Å²) in [5.74, 6) is -0.0673. The highest BCUT2D eigenvalue weighted by molar-refractivity contribution is 9.10. The van der Waals surface area contributed by atoms with Crippen molar-refractivity contribution in [1.29, 1.82) is 0 Å². The van der Waals surface area contributed by atoms with E-state index in [0.29, 0.717) is 5.02 Å². The lowest BCUT2D eigenvalue weighted by molar-refractivity contribution is -0.142. The van der Waals surface area contributed by atoms with Gasteiger partial charge in [-0.25, -0.2) is 4.79 Å². The maximum absolute atomic E-state index is 11.7. The van der Waals surface area contributed by atoms with Crippen molar-refractivity contribution in [1.82, 2.24) is 0 Å². The van der Waals surface area contributed by atoms with Crippen molar-refractivity contribution >= 4 is 39.2 Å². The summed E-state index contributed by atoms with van der Waals surface area (Å²) in [5.41, 5.74) is 0.835. The summed E-state index contributed by atoms with van der Waals surface area (Å²) in [6, 6.07) is 5.11. The number of rotatable bonds is 5. The number of nitrogens with one attached hydrogen (secondary N) is 1. The van der Waals surface area contributed by atoms with E-state index in [1.807, 2.05) is 26.0 Å². The van der Waals surface area contributed by atoms with E-state index in [1.54, 1.807) is 6.07 Å². The smallest absolute Gasteiger partial charge is 0.328 e. The Labute approximate surface area is 121 Å². The van der Waals surface area contributed by atoms with Crippen molar-refractivity contribution in [2.24, 2.45) is 5.92 Å². The zero-order chi connectivity index (χ0) is 13.7. The topological polar surface area (TPSA) is 38.3 Å². The van der Waals surface area contributed by atoms with Gasteiger partial charge < -0.3 is 10.1 Å². The number of carbonyl (C=O) groups is 1. The predicted molar refractivity (Wildman–Crippen MR) is 78.0 cm³/mol. The highest BCUT2D eigenvalue weighted by atomic mass is 79.9. The molecule has 0 bridgehead atoms. The van der Waals surface area contributed by atoms with E-state index >= 15 is 0 Å². The van der Waals surface area contributed by atoms with Crippen LogP contribution in [0.2, 0.25) is 5.02 Å². The molecule has 0 fully saturated rings. The molecule has 0 aliphatic carbocycles. The summed E-state index contributed by atoms with van der Waals surface area (Å²) in [6.45, 7) is 4.06. The molecule has 1 aromatic carbocycles. The molecule has 0 saturated heterocycles. The third kappa shape index (κ3) is 3.89. The van der Waals surface area contributed by atoms with Gasteiger partial charge in [0.1, 0.15) is 6.04 Å². The fourth-order valence-corrected chi connectivity index (χ4v) is 2.06. The average molecular weight is 335 g/mol. The first kappa shape index (κ1) is 15.3. The van der Waals surface area contributed by atoms with Crippen LogP contribution in [0.4, 0.5) is 5.69 Å². The van der Waals surface area contributed by atoms with Gasteiger partial charge in [0.05, 0.1) is 12.1 Å². The normalized spacial score (nSPS) is 13.8. The second-order valence-corrected chi connectivity index (χ2v) is 5.42. The third-order valence-electron chi connectivity index (χ3n) is 2.91. The fraction of sp³-hybridized carbons (Fsp3) is 0.462. The van der Waals surface area contributed by atoms with E-state index in [1.165, 1.54) is 7.11 Å². The molecular formula is C13H17BrClNO2. The molecule has 0 spiro atoms. The van der Waals surface area contributed by atoms with E-state index in [9.17, 15) is 4.79 Å². The SMILES string of the molecule is CCC(C)C(Nc1ccc(Cl)c(Br)c1)C(=O)OC. The van der Waals surface area contributed by atoms with Crippen LogP contribution >= 0.6 is 27.5 Å². The number of hydrogen-bond donors (Lipinski definition) is 1. The number of benzene rings is 1. The summed E-state index contributed by atoms with van der Waals surface area (Å²) < 4.78 is 5.62. The Balaban J connectivity index is 2.88. The van der Waals surface area contributed by atoms with Crippen molar-refractivity contribution in [3.63, 3.8) is 0 Å². The number of hydrogen-bond acceptors (Lipinski definition) is 3. The minimum atomic E-state index is -0.354. The first-order valence-corrected chi connectivity index (χ1v) is 6.96. The number of anilines is 1. The first-order valence-electron chi connectivity index (χ1n) is 5.79. The second-order valence-electron chi connectivity index (χ2n) is 4.16. The second kappa shape index (κ2) is 7.00. The highest BCUT2D eigenvalue weighted by Crippen LogP contribution is 2.26. The largest absolute Gasteiger partial charge is 0.467 e. The van der Waals surface area contributed by atoms with Crippen molar-refractivity contribution in [3.8, 4) is 0 Å². The Kier molecular flexibility index (Phi) is 5.96. The molecule has 0 heterocycles. The summed E-state index contributed by atoms with van der Waals surface area (Å²) in [4.78, 5) is 11.7. The monoisotopic (exact) mass is 333 g/mol. The molecule has 3 nitrogen and oxygen atoms in total. The van der Waals surface area contributed by atoms with Gasteiger partial charge in [-0.15, -0.1) is 0 Å². The van der Waals surface area contributed by atoms with E-state index in [2.05, 4.69) is 21.2 Å². The van der Waals surface area contributed by atoms with Gasteiger partial charge in [-0.1, -0.05) is 31.9 Å². The van der Waals surface area contributed by atoms with Crippen LogP contribution in [-0.4, -0.2) is 19.1 Å². The summed E-state index contributed by atoms with van der Waals surface area (Å²) in [7, 11) is 1.40. The number of esters is 1. The van der Waals surface area contributed by atoms with Crippen LogP contribution in [0.5, 0.6) is 0 Å². The minimum absolute atomic E-state index is 0.187. The molecule has 0 aliphatic rings. The molecule has 2 atom stereocenters. The van der Waals surface area contributed by atoms with E-state index in [4.69, 9.17) is 16.3 Å². The van der Waals surface area contributed by atoms with E-state index in [0.717, 1.165) is 16.6 Å². The van der Waals surface area contributed by atoms with Crippen LogP contribution in [0.15, 0.2) is 22.7 Å². The molecule has 0 saturated carbocycles. The highest BCUT2D eigenvalue weighted by Gasteiger charge is 2.24. The molecule has 1 N–H and O–H groups in total. The molecular weight excluding hydrogens is 318 g/mol. The summed E-state index contributed by atoms with van der Waals surface area (Å²) in [5, 5.41) is 3.82. The van der Waals surface area contributed by atoms with Crippen molar-refractivity contribution < 1.29 is 9.53 Å². The van der Waals surface area contributed by atoms with Crippen molar-refractivity contribution in [2.75, 3.05) is 12.4 Å². The van der Waals surface area contributed by atoms with E-state index in [-0.39, 0.29) is 17.9 Å². The predicted octanol–water partition coefficient (Wildman–Crippen LogP) is 4.10. The van der Waals surface area contributed by atoms with Crippen LogP contribution in [-0.2, 0) is 9.53 Å². The molecule has 100 valence electrons.